The summed E-state index contributed by atoms with van der Waals surface area (Å²) >= 11 is 0. The molecule has 0 unspecified atom stereocenters. The van der Waals surface area contributed by atoms with Crippen LogP contribution in [0.1, 0.15) is 10.4 Å². The minimum Gasteiger partial charge on any atom is -0.383 e. The molecule has 7 heteroatoms. The molecule has 0 fully saturated rings. The Bertz CT molecular complexity index is 1040. The quantitative estimate of drug-likeness (QED) is 0.535. The molecule has 0 aliphatic heterocycles. The van der Waals surface area contributed by atoms with E-state index in [0.717, 1.165) is 16.6 Å². The van der Waals surface area contributed by atoms with E-state index in [0.29, 0.717) is 16.8 Å². The monoisotopic (exact) mass is 330 g/mol. The standard InChI is InChI=1S/C18H14N6O/c19-17-14(18(25)22-13-2-1-6-20-10-13)8-11-3-4-12(9-16(11)23-17)15-5-7-21-24-15/h1-10H,(H2,19,23)(H,21,24)(H,22,25). The van der Waals surface area contributed by atoms with Crippen molar-refractivity contribution in [2.75, 3.05) is 11.1 Å². The van der Waals surface area contributed by atoms with Crippen LogP contribution in [-0.2, 0) is 0 Å². The molecule has 1 amide bonds. The lowest BCUT2D eigenvalue weighted by Crippen LogP contribution is -2.15. The Hall–Kier alpha value is -3.74. The van der Waals surface area contributed by atoms with Crippen molar-refractivity contribution in [3.05, 3.63) is 66.6 Å². The Morgan fingerprint density at radius 2 is 2.04 bits per heavy atom. The molecule has 122 valence electrons. The third kappa shape index (κ3) is 2.90. The van der Waals surface area contributed by atoms with E-state index in [2.05, 4.69) is 25.5 Å². The summed E-state index contributed by atoms with van der Waals surface area (Å²) in [5.41, 5.74) is 9.47. The molecule has 0 aliphatic carbocycles. The van der Waals surface area contributed by atoms with Crippen molar-refractivity contribution in [1.82, 2.24) is 20.2 Å². The summed E-state index contributed by atoms with van der Waals surface area (Å²) in [6, 6.07) is 12.9. The fraction of sp³-hybridized carbons (Fsp3) is 0. The van der Waals surface area contributed by atoms with Gasteiger partial charge < -0.3 is 11.1 Å². The molecular weight excluding hydrogens is 316 g/mol. The predicted octanol–water partition coefficient (Wildman–Crippen LogP) is 2.85. The van der Waals surface area contributed by atoms with Crippen LogP contribution in [-0.4, -0.2) is 26.1 Å². The van der Waals surface area contributed by atoms with Gasteiger partial charge in [0.1, 0.15) is 5.82 Å². The summed E-state index contributed by atoms with van der Waals surface area (Å²) in [6.07, 6.45) is 4.89. The maximum absolute atomic E-state index is 12.5. The highest BCUT2D eigenvalue weighted by Crippen LogP contribution is 2.25. The van der Waals surface area contributed by atoms with E-state index in [-0.39, 0.29) is 11.7 Å². The van der Waals surface area contributed by atoms with Crippen molar-refractivity contribution in [1.29, 1.82) is 0 Å². The molecule has 0 saturated heterocycles. The number of rotatable bonds is 3. The van der Waals surface area contributed by atoms with E-state index in [1.54, 1.807) is 36.8 Å². The number of hydrogen-bond donors (Lipinski definition) is 3. The Morgan fingerprint density at radius 1 is 1.12 bits per heavy atom. The summed E-state index contributed by atoms with van der Waals surface area (Å²) in [6.45, 7) is 0. The van der Waals surface area contributed by atoms with Gasteiger partial charge in [-0.25, -0.2) is 4.98 Å². The molecule has 0 spiro atoms. The molecule has 0 saturated carbocycles. The predicted molar refractivity (Wildman–Crippen MR) is 95.9 cm³/mol. The lowest BCUT2D eigenvalue weighted by Gasteiger charge is -2.09. The van der Waals surface area contributed by atoms with E-state index in [1.165, 1.54) is 0 Å². The maximum atomic E-state index is 12.5. The number of hydrogen-bond acceptors (Lipinski definition) is 5. The molecule has 25 heavy (non-hydrogen) atoms. The number of amides is 1. The molecular formula is C18H14N6O. The Labute approximate surface area is 142 Å². The normalized spacial score (nSPS) is 10.7. The number of fused-ring (bicyclic) bond motifs is 1. The van der Waals surface area contributed by atoms with E-state index in [1.807, 2.05) is 24.3 Å². The fourth-order valence-electron chi connectivity index (χ4n) is 2.58. The van der Waals surface area contributed by atoms with Crippen molar-refractivity contribution in [3.63, 3.8) is 0 Å². The molecule has 4 N–H and O–H groups in total. The van der Waals surface area contributed by atoms with Crippen LogP contribution in [0.4, 0.5) is 11.5 Å². The number of H-pyrrole nitrogens is 1. The van der Waals surface area contributed by atoms with Gasteiger partial charge in [-0.3, -0.25) is 14.9 Å². The van der Waals surface area contributed by atoms with Crippen molar-refractivity contribution in [2.24, 2.45) is 0 Å². The number of aromatic amines is 1. The molecule has 3 heterocycles. The number of nitrogens with two attached hydrogens (primary N) is 1. The Balaban J connectivity index is 1.70. The first-order valence-electron chi connectivity index (χ1n) is 7.62. The number of benzene rings is 1. The van der Waals surface area contributed by atoms with Crippen LogP contribution in [0.5, 0.6) is 0 Å². The summed E-state index contributed by atoms with van der Waals surface area (Å²) in [5.74, 6) is -0.145. The van der Waals surface area contributed by atoms with E-state index in [4.69, 9.17) is 5.73 Å². The van der Waals surface area contributed by atoms with Gasteiger partial charge in [0.05, 0.1) is 28.7 Å². The van der Waals surface area contributed by atoms with Crippen LogP contribution >= 0.6 is 0 Å². The van der Waals surface area contributed by atoms with Gasteiger partial charge in [-0.2, -0.15) is 5.10 Å². The average Bonchev–Trinajstić information content (AvgIpc) is 3.16. The summed E-state index contributed by atoms with van der Waals surface area (Å²) in [4.78, 5) is 20.8. The smallest absolute Gasteiger partial charge is 0.259 e. The van der Waals surface area contributed by atoms with E-state index < -0.39 is 0 Å². The second-order valence-electron chi connectivity index (χ2n) is 5.49. The molecule has 7 nitrogen and oxygen atoms in total. The van der Waals surface area contributed by atoms with Crippen LogP contribution in [0, 0.1) is 0 Å². The van der Waals surface area contributed by atoms with Crippen LogP contribution < -0.4 is 11.1 Å². The number of nitrogens with one attached hydrogen (secondary N) is 2. The van der Waals surface area contributed by atoms with Gasteiger partial charge in [-0.15, -0.1) is 0 Å². The molecule has 0 aliphatic rings. The Morgan fingerprint density at radius 3 is 2.80 bits per heavy atom. The SMILES string of the molecule is Nc1nc2cc(-c3ccn[nH]3)ccc2cc1C(=O)Nc1cccnc1. The zero-order valence-corrected chi connectivity index (χ0v) is 13.1. The topological polar surface area (TPSA) is 110 Å². The first-order chi connectivity index (χ1) is 12.2. The molecule has 1 aromatic carbocycles. The van der Waals surface area contributed by atoms with Gasteiger partial charge in [0, 0.05) is 23.3 Å². The van der Waals surface area contributed by atoms with Gasteiger partial charge >= 0.3 is 0 Å². The summed E-state index contributed by atoms with van der Waals surface area (Å²) in [5, 5.41) is 10.4. The zero-order valence-electron chi connectivity index (χ0n) is 13.1. The number of anilines is 2. The first kappa shape index (κ1) is 14.8. The van der Waals surface area contributed by atoms with Crippen LogP contribution in [0.15, 0.2) is 61.1 Å². The maximum Gasteiger partial charge on any atom is 0.259 e. The number of carbonyl (C=O) groups is 1. The van der Waals surface area contributed by atoms with Gasteiger partial charge in [0.2, 0.25) is 0 Å². The molecule has 3 aromatic heterocycles. The van der Waals surface area contributed by atoms with Crippen molar-refractivity contribution in [2.45, 2.75) is 0 Å². The third-order valence-corrected chi connectivity index (χ3v) is 3.82. The zero-order chi connectivity index (χ0) is 17.2. The van der Waals surface area contributed by atoms with Crippen molar-refractivity contribution >= 4 is 28.3 Å². The minimum atomic E-state index is -0.322. The number of carbonyl (C=O) groups excluding carboxylic acids is 1. The highest BCUT2D eigenvalue weighted by molar-refractivity contribution is 6.09. The summed E-state index contributed by atoms with van der Waals surface area (Å²) < 4.78 is 0. The molecule has 4 rings (SSSR count). The molecule has 0 radical (unpaired) electrons. The van der Waals surface area contributed by atoms with Crippen molar-refractivity contribution < 1.29 is 4.79 Å². The lowest BCUT2D eigenvalue weighted by molar-refractivity contribution is 0.102. The largest absolute Gasteiger partial charge is 0.383 e. The average molecular weight is 330 g/mol. The van der Waals surface area contributed by atoms with Crippen LogP contribution in [0.3, 0.4) is 0 Å². The number of pyridine rings is 2. The fourth-order valence-corrected chi connectivity index (χ4v) is 2.58. The van der Waals surface area contributed by atoms with Crippen LogP contribution in [0.2, 0.25) is 0 Å². The van der Waals surface area contributed by atoms with Gasteiger partial charge in [0.25, 0.3) is 5.91 Å². The number of aromatic nitrogens is 4. The van der Waals surface area contributed by atoms with Crippen molar-refractivity contribution in [3.8, 4) is 11.3 Å². The van der Waals surface area contributed by atoms with Gasteiger partial charge in [0.15, 0.2) is 0 Å². The van der Waals surface area contributed by atoms with E-state index >= 15 is 0 Å². The second kappa shape index (κ2) is 6.04. The molecule has 0 bridgehead atoms. The highest BCUT2D eigenvalue weighted by Gasteiger charge is 2.13. The third-order valence-electron chi connectivity index (χ3n) is 3.82. The lowest BCUT2D eigenvalue weighted by atomic mass is 10.1. The van der Waals surface area contributed by atoms with Crippen LogP contribution in [0.25, 0.3) is 22.2 Å². The second-order valence-corrected chi connectivity index (χ2v) is 5.49. The number of nitrogen functional groups attached to an aromatic ring is 1. The molecule has 4 aromatic rings. The first-order valence-corrected chi connectivity index (χ1v) is 7.62. The Kier molecular flexibility index (Phi) is 3.59. The van der Waals surface area contributed by atoms with Gasteiger partial charge in [-0.1, -0.05) is 12.1 Å². The number of nitrogens with zero attached hydrogens (tertiary/aromatic N) is 3. The van der Waals surface area contributed by atoms with E-state index in [9.17, 15) is 4.79 Å². The van der Waals surface area contributed by atoms with Gasteiger partial charge in [-0.05, 0) is 30.3 Å². The summed E-state index contributed by atoms with van der Waals surface area (Å²) in [7, 11) is 0. The minimum absolute atomic E-state index is 0.177. The highest BCUT2D eigenvalue weighted by atomic mass is 16.1. The molecule has 0 atom stereocenters.